The van der Waals surface area contributed by atoms with Crippen LogP contribution >= 0.6 is 0 Å². The molecule has 1 aromatic heterocycles. The largest absolute Gasteiger partial charge is 0.476 e. The minimum atomic E-state index is -1.03. The summed E-state index contributed by atoms with van der Waals surface area (Å²) in [4.78, 5) is 31.5. The molecule has 21 heavy (non-hydrogen) atoms. The second-order valence-electron chi connectivity index (χ2n) is 5.03. The molecule has 0 spiro atoms. The predicted molar refractivity (Wildman–Crippen MR) is 75.4 cm³/mol. The number of ether oxygens (including phenoxy) is 1. The van der Waals surface area contributed by atoms with Crippen molar-refractivity contribution in [3.05, 3.63) is 29.9 Å². The number of nitrogens with one attached hydrogen (secondary N) is 1. The van der Waals surface area contributed by atoms with Crippen LogP contribution in [0, 0.1) is 6.92 Å². The molecule has 1 saturated heterocycles. The molecule has 0 aromatic carbocycles. The number of carboxylic acid groups (broad SMARTS) is 1. The van der Waals surface area contributed by atoms with Gasteiger partial charge in [0.05, 0.1) is 0 Å². The Morgan fingerprint density at radius 2 is 2.19 bits per heavy atom. The van der Waals surface area contributed by atoms with Crippen LogP contribution < -0.4 is 0 Å². The fourth-order valence-corrected chi connectivity index (χ4v) is 2.44. The maximum absolute atomic E-state index is 11.7. The summed E-state index contributed by atoms with van der Waals surface area (Å²) in [6.07, 6.45) is 2.66. The number of nitrogens with zero attached hydrogens (tertiary/aromatic N) is 2. The summed E-state index contributed by atoms with van der Waals surface area (Å²) in [7, 11) is 0. The first kappa shape index (κ1) is 15.1. The number of aromatic carboxylic acids is 1. The Hall–Kier alpha value is -2.31. The number of amides is 1. The summed E-state index contributed by atoms with van der Waals surface area (Å²) in [5.74, 6) is -0.204. The minimum absolute atomic E-state index is 0.0674. The topological polar surface area (TPSA) is 95.5 Å². The molecule has 2 N–H and O–H groups in total. The number of likely N-dealkylation sites (tertiary alicyclic amines) is 1. The number of piperidine rings is 1. The third-order valence-corrected chi connectivity index (χ3v) is 3.57. The van der Waals surface area contributed by atoms with E-state index in [1.807, 2.05) is 0 Å². The molecule has 7 nitrogen and oxygen atoms in total. The molecular formula is C14H19N3O4. The van der Waals surface area contributed by atoms with Gasteiger partial charge in [-0.2, -0.15) is 0 Å². The van der Waals surface area contributed by atoms with Gasteiger partial charge in [0.15, 0.2) is 5.69 Å². The number of hydrogen-bond acceptors (Lipinski definition) is 4. The summed E-state index contributed by atoms with van der Waals surface area (Å²) in [5.41, 5.74) is 0.628. The van der Waals surface area contributed by atoms with Crippen molar-refractivity contribution >= 4 is 12.1 Å². The van der Waals surface area contributed by atoms with E-state index in [1.165, 1.54) is 6.08 Å². The molecule has 0 aliphatic carbocycles. The number of carboxylic acids is 1. The first-order valence-electron chi connectivity index (χ1n) is 6.85. The first-order chi connectivity index (χ1) is 10.0. The van der Waals surface area contributed by atoms with E-state index in [0.717, 1.165) is 12.8 Å². The average Bonchev–Trinajstić information content (AvgIpc) is 2.87. The number of hydrogen-bond donors (Lipinski definition) is 2. The lowest BCUT2D eigenvalue weighted by Gasteiger charge is -2.30. The summed E-state index contributed by atoms with van der Waals surface area (Å²) in [6.45, 7) is 6.55. The highest BCUT2D eigenvalue weighted by Gasteiger charge is 2.27. The number of H-pyrrole nitrogens is 1. The van der Waals surface area contributed by atoms with Crippen molar-refractivity contribution in [2.45, 2.75) is 25.7 Å². The molecule has 0 radical (unpaired) electrons. The molecule has 1 fully saturated rings. The fourth-order valence-electron chi connectivity index (χ4n) is 2.44. The SMILES string of the molecule is C=CCOC(=O)N1CCC(c2nc(C(=O)O)c(C)[nH]2)CC1. The van der Waals surface area contributed by atoms with E-state index >= 15 is 0 Å². The Morgan fingerprint density at radius 3 is 2.71 bits per heavy atom. The molecule has 1 amide bonds. The lowest BCUT2D eigenvalue weighted by Crippen LogP contribution is -2.38. The van der Waals surface area contributed by atoms with Crippen LogP contribution in [0.3, 0.4) is 0 Å². The standard InChI is InChI=1S/C14H19N3O4/c1-3-8-21-14(20)17-6-4-10(5-7-17)12-15-9(2)11(16-12)13(18)19/h3,10H,1,4-8H2,2H3,(H,15,16)(H,18,19). The van der Waals surface area contributed by atoms with Crippen LogP contribution in [0.25, 0.3) is 0 Å². The molecule has 0 saturated carbocycles. The molecule has 114 valence electrons. The van der Waals surface area contributed by atoms with Gasteiger partial charge in [-0.3, -0.25) is 0 Å². The van der Waals surface area contributed by atoms with Crippen molar-refractivity contribution in [1.29, 1.82) is 0 Å². The average molecular weight is 293 g/mol. The zero-order valence-electron chi connectivity index (χ0n) is 12.0. The molecule has 0 unspecified atom stereocenters. The van der Waals surface area contributed by atoms with Gasteiger partial charge in [-0.1, -0.05) is 12.7 Å². The predicted octanol–water partition coefficient (Wildman–Crippen LogP) is 1.92. The Balaban J connectivity index is 1.95. The van der Waals surface area contributed by atoms with Gasteiger partial charge in [0.1, 0.15) is 12.4 Å². The van der Waals surface area contributed by atoms with Crippen LogP contribution in [0.15, 0.2) is 12.7 Å². The van der Waals surface area contributed by atoms with Crippen molar-refractivity contribution in [2.75, 3.05) is 19.7 Å². The minimum Gasteiger partial charge on any atom is -0.476 e. The normalized spacial score (nSPS) is 15.8. The highest BCUT2D eigenvalue weighted by molar-refractivity contribution is 5.86. The Labute approximate surface area is 122 Å². The van der Waals surface area contributed by atoms with E-state index in [1.54, 1.807) is 11.8 Å². The Bertz CT molecular complexity index is 544. The smallest absolute Gasteiger partial charge is 0.410 e. The van der Waals surface area contributed by atoms with Gasteiger partial charge < -0.3 is 19.7 Å². The Morgan fingerprint density at radius 1 is 1.52 bits per heavy atom. The number of carbonyl (C=O) groups is 2. The first-order valence-corrected chi connectivity index (χ1v) is 6.85. The molecule has 1 aromatic rings. The summed E-state index contributed by atoms with van der Waals surface area (Å²) < 4.78 is 4.99. The molecule has 0 atom stereocenters. The van der Waals surface area contributed by atoms with Gasteiger partial charge in [0, 0.05) is 24.7 Å². The van der Waals surface area contributed by atoms with E-state index in [2.05, 4.69) is 16.5 Å². The third kappa shape index (κ3) is 3.42. The van der Waals surface area contributed by atoms with Gasteiger partial charge in [0.25, 0.3) is 0 Å². The molecule has 1 aliphatic heterocycles. The maximum Gasteiger partial charge on any atom is 0.410 e. The van der Waals surface area contributed by atoms with Gasteiger partial charge in [-0.25, -0.2) is 14.6 Å². The van der Waals surface area contributed by atoms with Crippen LogP contribution in [0.2, 0.25) is 0 Å². The number of imidazole rings is 1. The van der Waals surface area contributed by atoms with Gasteiger partial charge in [0.2, 0.25) is 0 Å². The Kier molecular flexibility index (Phi) is 4.62. The van der Waals surface area contributed by atoms with Gasteiger partial charge in [-0.15, -0.1) is 0 Å². The van der Waals surface area contributed by atoms with Crippen molar-refractivity contribution in [3.63, 3.8) is 0 Å². The molecule has 7 heteroatoms. The van der Waals surface area contributed by atoms with Crippen LogP contribution in [-0.4, -0.2) is 51.7 Å². The monoisotopic (exact) mass is 293 g/mol. The second kappa shape index (κ2) is 6.43. The molecule has 2 rings (SSSR count). The quantitative estimate of drug-likeness (QED) is 0.827. The van der Waals surface area contributed by atoms with Crippen LogP contribution in [0.4, 0.5) is 4.79 Å². The number of aryl methyl sites for hydroxylation is 1. The highest BCUT2D eigenvalue weighted by Crippen LogP contribution is 2.27. The maximum atomic E-state index is 11.7. The van der Waals surface area contributed by atoms with Crippen LogP contribution in [0.5, 0.6) is 0 Å². The molecule has 2 heterocycles. The van der Waals surface area contributed by atoms with Crippen LogP contribution in [0.1, 0.15) is 40.8 Å². The van der Waals surface area contributed by atoms with Gasteiger partial charge in [-0.05, 0) is 19.8 Å². The number of rotatable bonds is 4. The van der Waals surface area contributed by atoms with E-state index in [0.29, 0.717) is 24.6 Å². The van der Waals surface area contributed by atoms with E-state index in [-0.39, 0.29) is 24.3 Å². The lowest BCUT2D eigenvalue weighted by molar-refractivity contribution is 0.0690. The van der Waals surface area contributed by atoms with Crippen molar-refractivity contribution in [3.8, 4) is 0 Å². The van der Waals surface area contributed by atoms with Gasteiger partial charge >= 0.3 is 12.1 Å². The lowest BCUT2D eigenvalue weighted by atomic mass is 9.96. The molecular weight excluding hydrogens is 274 g/mol. The highest BCUT2D eigenvalue weighted by atomic mass is 16.6. The van der Waals surface area contributed by atoms with E-state index < -0.39 is 5.97 Å². The summed E-state index contributed by atoms with van der Waals surface area (Å²) in [5, 5.41) is 9.01. The fraction of sp³-hybridized carbons (Fsp3) is 0.500. The number of aromatic amines is 1. The second-order valence-corrected chi connectivity index (χ2v) is 5.03. The zero-order chi connectivity index (χ0) is 15.4. The third-order valence-electron chi connectivity index (χ3n) is 3.57. The zero-order valence-corrected chi connectivity index (χ0v) is 12.0. The van der Waals surface area contributed by atoms with Crippen molar-refractivity contribution in [2.24, 2.45) is 0 Å². The summed E-state index contributed by atoms with van der Waals surface area (Å²) in [6, 6.07) is 0. The van der Waals surface area contributed by atoms with Crippen molar-refractivity contribution < 1.29 is 19.4 Å². The van der Waals surface area contributed by atoms with Crippen molar-refractivity contribution in [1.82, 2.24) is 14.9 Å². The summed E-state index contributed by atoms with van der Waals surface area (Å²) >= 11 is 0. The molecule has 1 aliphatic rings. The molecule has 0 bridgehead atoms. The van der Waals surface area contributed by atoms with E-state index in [4.69, 9.17) is 9.84 Å². The number of carbonyl (C=O) groups excluding carboxylic acids is 1. The van der Waals surface area contributed by atoms with Crippen LogP contribution in [-0.2, 0) is 4.74 Å². The number of aromatic nitrogens is 2. The van der Waals surface area contributed by atoms with E-state index in [9.17, 15) is 9.59 Å².